The van der Waals surface area contributed by atoms with Gasteiger partial charge in [-0.2, -0.15) is 0 Å². The van der Waals surface area contributed by atoms with E-state index in [0.717, 1.165) is 22.9 Å². The van der Waals surface area contributed by atoms with Crippen LogP contribution in [0.5, 0.6) is 0 Å². The van der Waals surface area contributed by atoms with Crippen molar-refractivity contribution in [2.24, 2.45) is 0 Å². The van der Waals surface area contributed by atoms with E-state index in [1.165, 1.54) is 11.1 Å². The molecule has 0 amide bonds. The summed E-state index contributed by atoms with van der Waals surface area (Å²) in [6.45, 7) is 7.11. The molecule has 5 heteroatoms. The molecule has 0 unspecified atom stereocenters. The van der Waals surface area contributed by atoms with E-state index in [9.17, 15) is 0 Å². The third-order valence-electron chi connectivity index (χ3n) is 2.98. The summed E-state index contributed by atoms with van der Waals surface area (Å²) in [5.41, 5.74) is 2.47. The van der Waals surface area contributed by atoms with Gasteiger partial charge in [-0.15, -0.1) is 0 Å². The van der Waals surface area contributed by atoms with Gasteiger partial charge in [0.15, 0.2) is 0 Å². The highest BCUT2D eigenvalue weighted by Crippen LogP contribution is 2.37. The number of aromatic nitrogens is 1. The predicted octanol–water partition coefficient (Wildman–Crippen LogP) is 5.98. The second-order valence-corrected chi connectivity index (χ2v) is 6.75. The topological polar surface area (TPSA) is 24.9 Å². The molecule has 1 aromatic carbocycles. The Labute approximate surface area is 140 Å². The van der Waals surface area contributed by atoms with Crippen molar-refractivity contribution < 1.29 is 0 Å². The number of aryl methyl sites for hydroxylation is 2. The summed E-state index contributed by atoms with van der Waals surface area (Å²) in [4.78, 5) is 5.71. The van der Waals surface area contributed by atoms with Crippen LogP contribution < -0.4 is 5.32 Å². The van der Waals surface area contributed by atoms with Crippen LogP contribution in [0.3, 0.4) is 0 Å². The van der Waals surface area contributed by atoms with E-state index in [2.05, 4.69) is 49.3 Å². The van der Waals surface area contributed by atoms with E-state index >= 15 is 0 Å². The smallest absolute Gasteiger partial charge is 0.146 e. The Morgan fingerprint density at radius 3 is 2.57 bits per heavy atom. The van der Waals surface area contributed by atoms with Crippen molar-refractivity contribution >= 4 is 40.8 Å². The average molecular weight is 341 g/mol. The van der Waals surface area contributed by atoms with Gasteiger partial charge in [0.25, 0.3) is 0 Å². The lowest BCUT2D eigenvalue weighted by atomic mass is 10.2. The molecular formula is C16H18Cl2N2S. The van der Waals surface area contributed by atoms with Crippen LogP contribution in [0.1, 0.15) is 24.5 Å². The molecule has 0 saturated heterocycles. The molecule has 0 atom stereocenters. The second kappa shape index (κ2) is 7.39. The van der Waals surface area contributed by atoms with Gasteiger partial charge in [0.2, 0.25) is 0 Å². The van der Waals surface area contributed by atoms with Crippen LogP contribution in [0, 0.1) is 13.8 Å². The Morgan fingerprint density at radius 2 is 1.90 bits per heavy atom. The second-order valence-electron chi connectivity index (χ2n) is 4.90. The Balaban J connectivity index is 2.30. The minimum Gasteiger partial charge on any atom is -0.369 e. The minimum absolute atomic E-state index is 0.554. The van der Waals surface area contributed by atoms with Gasteiger partial charge in [-0.3, -0.25) is 0 Å². The fraction of sp³-hybridized carbons (Fsp3) is 0.312. The first-order valence-corrected chi connectivity index (χ1v) is 8.43. The molecule has 1 N–H and O–H groups in total. The Hall–Kier alpha value is -0.900. The van der Waals surface area contributed by atoms with Crippen molar-refractivity contribution in [1.82, 2.24) is 4.98 Å². The average Bonchev–Trinajstić information content (AvgIpc) is 2.43. The van der Waals surface area contributed by atoms with Crippen LogP contribution in [0.25, 0.3) is 0 Å². The summed E-state index contributed by atoms with van der Waals surface area (Å²) < 4.78 is 0. The molecule has 2 nitrogen and oxygen atoms in total. The number of anilines is 1. The van der Waals surface area contributed by atoms with Gasteiger partial charge in [-0.05, 0) is 38.0 Å². The van der Waals surface area contributed by atoms with Crippen LogP contribution >= 0.6 is 35.0 Å². The van der Waals surface area contributed by atoms with E-state index < -0.39 is 0 Å². The van der Waals surface area contributed by atoms with Crippen LogP contribution in [-0.2, 0) is 0 Å². The molecule has 0 aliphatic rings. The number of benzene rings is 1. The lowest BCUT2D eigenvalue weighted by Gasteiger charge is -2.11. The van der Waals surface area contributed by atoms with Gasteiger partial charge in [0, 0.05) is 11.4 Å². The summed E-state index contributed by atoms with van der Waals surface area (Å²) >= 11 is 14.0. The SMILES string of the molecule is CCCNc1nc(Sc2ccc(C)cc2C)c(Cl)cc1Cl. The van der Waals surface area contributed by atoms with E-state index in [4.69, 9.17) is 23.2 Å². The zero-order valence-electron chi connectivity index (χ0n) is 12.3. The van der Waals surface area contributed by atoms with Crippen molar-refractivity contribution in [3.63, 3.8) is 0 Å². The van der Waals surface area contributed by atoms with E-state index in [0.29, 0.717) is 15.9 Å². The largest absolute Gasteiger partial charge is 0.369 e. The summed E-state index contributed by atoms with van der Waals surface area (Å²) in [5.74, 6) is 0.690. The maximum absolute atomic E-state index is 6.27. The van der Waals surface area contributed by atoms with E-state index in [1.807, 2.05) is 0 Å². The molecule has 0 aliphatic carbocycles. The molecule has 0 bridgehead atoms. The van der Waals surface area contributed by atoms with E-state index in [1.54, 1.807) is 17.8 Å². The van der Waals surface area contributed by atoms with Crippen LogP contribution in [0.4, 0.5) is 5.82 Å². The molecule has 1 heterocycles. The third-order valence-corrected chi connectivity index (χ3v) is 4.85. The van der Waals surface area contributed by atoms with Crippen LogP contribution in [0.2, 0.25) is 10.0 Å². The normalized spacial score (nSPS) is 10.7. The van der Waals surface area contributed by atoms with Gasteiger partial charge < -0.3 is 5.32 Å². The molecular weight excluding hydrogens is 323 g/mol. The highest BCUT2D eigenvalue weighted by Gasteiger charge is 2.11. The maximum Gasteiger partial charge on any atom is 0.146 e. The first kappa shape index (κ1) is 16.5. The summed E-state index contributed by atoms with van der Waals surface area (Å²) in [6, 6.07) is 8.10. The molecule has 0 aliphatic heterocycles. The molecule has 2 rings (SSSR count). The lowest BCUT2D eigenvalue weighted by Crippen LogP contribution is -2.03. The molecule has 0 spiro atoms. The van der Waals surface area contributed by atoms with Gasteiger partial charge in [-0.1, -0.05) is 59.6 Å². The highest BCUT2D eigenvalue weighted by molar-refractivity contribution is 7.99. The fourth-order valence-corrected chi connectivity index (χ4v) is 3.31. The number of nitrogens with one attached hydrogen (secondary N) is 1. The summed E-state index contributed by atoms with van der Waals surface area (Å²) in [5, 5.41) is 5.12. The highest BCUT2D eigenvalue weighted by atomic mass is 35.5. The first-order chi connectivity index (χ1) is 10.0. The van der Waals surface area contributed by atoms with Gasteiger partial charge in [0.1, 0.15) is 10.8 Å². The number of pyridine rings is 1. The van der Waals surface area contributed by atoms with Crippen molar-refractivity contribution in [1.29, 1.82) is 0 Å². The Kier molecular flexibility index (Phi) is 5.80. The standard InChI is InChI=1S/C16H18Cl2N2S/c1-4-7-19-15-12(17)9-13(18)16(20-15)21-14-6-5-10(2)8-11(14)3/h5-6,8-9H,4,7H2,1-3H3,(H,19,20). The quantitative estimate of drug-likeness (QED) is 0.724. The molecule has 112 valence electrons. The van der Waals surface area contributed by atoms with Crippen LogP contribution in [-0.4, -0.2) is 11.5 Å². The molecule has 0 radical (unpaired) electrons. The first-order valence-electron chi connectivity index (χ1n) is 6.86. The number of halogens is 2. The third kappa shape index (κ3) is 4.29. The number of rotatable bonds is 5. The summed E-state index contributed by atoms with van der Waals surface area (Å²) in [6.07, 6.45) is 1.01. The Bertz CT molecular complexity index is 644. The zero-order valence-corrected chi connectivity index (χ0v) is 14.7. The molecule has 0 fully saturated rings. The van der Waals surface area contributed by atoms with Gasteiger partial charge in [0.05, 0.1) is 10.0 Å². The van der Waals surface area contributed by atoms with Crippen molar-refractivity contribution in [3.8, 4) is 0 Å². The van der Waals surface area contributed by atoms with Crippen molar-refractivity contribution in [2.45, 2.75) is 37.1 Å². The van der Waals surface area contributed by atoms with E-state index in [-0.39, 0.29) is 0 Å². The summed E-state index contributed by atoms with van der Waals surface area (Å²) in [7, 11) is 0. The van der Waals surface area contributed by atoms with Crippen LogP contribution in [0.15, 0.2) is 34.2 Å². The monoisotopic (exact) mass is 340 g/mol. The zero-order chi connectivity index (χ0) is 15.4. The minimum atomic E-state index is 0.554. The molecule has 1 aromatic heterocycles. The van der Waals surface area contributed by atoms with Crippen molar-refractivity contribution in [2.75, 3.05) is 11.9 Å². The maximum atomic E-state index is 6.27. The number of hydrogen-bond acceptors (Lipinski definition) is 3. The number of nitrogens with zero attached hydrogens (tertiary/aromatic N) is 1. The van der Waals surface area contributed by atoms with Crippen molar-refractivity contribution in [3.05, 3.63) is 45.4 Å². The molecule has 2 aromatic rings. The number of hydrogen-bond donors (Lipinski definition) is 1. The molecule has 0 saturated carbocycles. The predicted molar refractivity (Wildman–Crippen MR) is 93.1 cm³/mol. The Morgan fingerprint density at radius 1 is 1.14 bits per heavy atom. The van der Waals surface area contributed by atoms with Gasteiger partial charge in [-0.25, -0.2) is 4.98 Å². The lowest BCUT2D eigenvalue weighted by molar-refractivity contribution is 0.960. The fourth-order valence-electron chi connectivity index (χ4n) is 1.91. The van der Waals surface area contributed by atoms with Gasteiger partial charge >= 0.3 is 0 Å². The molecule has 21 heavy (non-hydrogen) atoms.